The molecule has 0 aliphatic rings. The molecule has 0 fully saturated rings. The van der Waals surface area contributed by atoms with E-state index in [-0.39, 0.29) is 31.7 Å². The first-order valence-electron chi connectivity index (χ1n) is 5.70. The summed E-state index contributed by atoms with van der Waals surface area (Å²) in [6, 6.07) is -0.427. The minimum atomic E-state index is -3.45. The van der Waals surface area contributed by atoms with Crippen molar-refractivity contribution in [1.29, 1.82) is 0 Å². The summed E-state index contributed by atoms with van der Waals surface area (Å²) in [4.78, 5) is 19.2. The van der Waals surface area contributed by atoms with Crippen molar-refractivity contribution in [2.45, 2.75) is 18.5 Å². The highest BCUT2D eigenvalue weighted by molar-refractivity contribution is 7.80. The third kappa shape index (κ3) is 9.34. The van der Waals surface area contributed by atoms with Gasteiger partial charge in [0.15, 0.2) is 0 Å². The van der Waals surface area contributed by atoms with Gasteiger partial charge < -0.3 is 24.7 Å². The summed E-state index contributed by atoms with van der Waals surface area (Å²) in [6.07, 6.45) is 3.07. The van der Waals surface area contributed by atoms with E-state index in [9.17, 15) is 14.4 Å². The Bertz CT molecular complexity index is 331. The van der Waals surface area contributed by atoms with Crippen LogP contribution in [-0.4, -0.2) is 78.2 Å². The molecule has 0 bridgehead atoms. The van der Waals surface area contributed by atoms with Crippen molar-refractivity contribution in [2.75, 3.05) is 31.9 Å². The van der Waals surface area contributed by atoms with Crippen LogP contribution in [-0.2, 0) is 9.30 Å². The van der Waals surface area contributed by atoms with Crippen molar-refractivity contribution in [3.8, 4) is 0 Å². The first kappa shape index (κ1) is 18.4. The van der Waals surface area contributed by atoms with Crippen LogP contribution in [0.15, 0.2) is 0 Å². The second-order valence-electron chi connectivity index (χ2n) is 4.77. The van der Waals surface area contributed by atoms with Gasteiger partial charge in [0.05, 0.1) is 25.2 Å². The maximum Gasteiger partial charge on any atom is 0.206 e. The maximum atomic E-state index is 11.8. The van der Waals surface area contributed by atoms with Crippen molar-refractivity contribution in [3.63, 3.8) is 0 Å². The topological polar surface area (TPSA) is 107 Å². The van der Waals surface area contributed by atoms with E-state index < -0.39 is 26.6 Å². The van der Waals surface area contributed by atoms with Gasteiger partial charge in [0.25, 0.3) is 0 Å². The van der Waals surface area contributed by atoms with Gasteiger partial charge in [0.2, 0.25) is 7.37 Å². The zero-order valence-corrected chi connectivity index (χ0v) is 12.7. The smallest absolute Gasteiger partial charge is 0.206 e. The van der Waals surface area contributed by atoms with E-state index in [0.717, 1.165) is 0 Å². The van der Waals surface area contributed by atoms with E-state index in [1.54, 1.807) is 7.85 Å². The van der Waals surface area contributed by atoms with Gasteiger partial charge in [-0.3, -0.25) is 4.57 Å². The molecule has 2 unspecified atom stereocenters. The lowest BCUT2D eigenvalue weighted by atomic mass is 10.0. The molecule has 0 spiro atoms. The van der Waals surface area contributed by atoms with Gasteiger partial charge in [-0.15, -0.1) is 0 Å². The average molecular weight is 300 g/mol. The van der Waals surface area contributed by atoms with Gasteiger partial charge >= 0.3 is 0 Å². The molecule has 108 valence electrons. The van der Waals surface area contributed by atoms with Crippen molar-refractivity contribution >= 4 is 28.6 Å². The fraction of sp³-hybridized carbons (Fsp3) is 0.889. The maximum absolute atomic E-state index is 11.8. The first-order valence-corrected chi connectivity index (χ1v) is 10.3. The Morgan fingerprint density at radius 3 is 2.28 bits per heavy atom. The van der Waals surface area contributed by atoms with Crippen molar-refractivity contribution in [2.24, 2.45) is 0 Å². The number of aliphatic hydroxyl groups excluding tert-OH is 2. The van der Waals surface area contributed by atoms with Crippen molar-refractivity contribution in [3.05, 3.63) is 0 Å². The molecule has 0 amide bonds. The zero-order chi connectivity index (χ0) is 14.4. The minimum Gasteiger partial charge on any atom is -0.394 e. The average Bonchev–Trinajstić information content (AvgIpc) is 2.20. The summed E-state index contributed by atoms with van der Waals surface area (Å²) in [5.41, 5.74) is 0. The van der Waals surface area contributed by atoms with Crippen molar-refractivity contribution in [1.82, 2.24) is 0 Å². The Labute approximate surface area is 109 Å². The predicted octanol–water partition coefficient (Wildman–Crippen LogP) is -1.08. The molecule has 0 saturated heterocycles. The Morgan fingerprint density at radius 1 is 1.33 bits per heavy atom. The molecule has 0 aliphatic heterocycles. The highest BCUT2D eigenvalue weighted by Gasteiger charge is 2.25. The molecule has 0 heterocycles. The molecule has 0 radical (unpaired) electrons. The fourth-order valence-corrected chi connectivity index (χ4v) is 6.53. The molecule has 4 atom stereocenters. The summed E-state index contributed by atoms with van der Waals surface area (Å²) in [7, 11) is -4.35. The predicted molar refractivity (Wildman–Crippen MR) is 77.7 cm³/mol. The van der Waals surface area contributed by atoms with Crippen LogP contribution >= 0.6 is 14.5 Å². The first-order chi connectivity index (χ1) is 8.09. The third-order valence-corrected chi connectivity index (χ3v) is 7.37. The molecular weight excluding hydrogens is 277 g/mol. The lowest BCUT2D eigenvalue weighted by Crippen LogP contribution is -2.28. The van der Waals surface area contributed by atoms with Gasteiger partial charge in [0.1, 0.15) is 7.85 Å². The number of hydrogen-bond acceptors (Lipinski definition) is 5. The summed E-state index contributed by atoms with van der Waals surface area (Å²) in [6.45, 7) is 1.02. The second kappa shape index (κ2) is 7.86. The number of ether oxygens (including phenoxy) is 1. The minimum absolute atomic E-state index is 0.0396. The molecule has 0 aromatic carbocycles. The van der Waals surface area contributed by atoms with Gasteiger partial charge in [-0.25, -0.2) is 0 Å². The van der Waals surface area contributed by atoms with Crippen LogP contribution in [0.5, 0.6) is 0 Å². The summed E-state index contributed by atoms with van der Waals surface area (Å²) < 4.78 is 17.1. The van der Waals surface area contributed by atoms with Gasteiger partial charge in [-0.05, 0) is 13.1 Å². The van der Waals surface area contributed by atoms with Crippen LogP contribution < -0.4 is 0 Å². The molecule has 4 N–H and O–H groups in total. The van der Waals surface area contributed by atoms with E-state index in [0.29, 0.717) is 0 Å². The monoisotopic (exact) mass is 300 g/mol. The molecule has 0 rings (SSSR count). The Morgan fingerprint density at radius 2 is 1.89 bits per heavy atom. The molecule has 9 heteroatoms. The normalized spacial score (nSPS) is 21.8. The third-order valence-electron chi connectivity index (χ3n) is 2.21. The van der Waals surface area contributed by atoms with Crippen LogP contribution in [0.4, 0.5) is 0 Å². The lowest BCUT2D eigenvalue weighted by molar-refractivity contribution is -0.0251. The molecule has 0 saturated carbocycles. The number of aliphatic hydroxyl groups is 2. The summed E-state index contributed by atoms with van der Waals surface area (Å²) in [5.74, 6) is -0.187. The lowest BCUT2D eigenvalue weighted by Gasteiger charge is -2.22. The van der Waals surface area contributed by atoms with E-state index in [1.807, 2.05) is 0 Å². The number of hydrogen-bond donors (Lipinski definition) is 4. The highest BCUT2D eigenvalue weighted by Crippen LogP contribution is 2.54. The largest absolute Gasteiger partial charge is 0.394 e. The molecular formula is C9H23BO6P2. The molecule has 0 aromatic rings. The highest BCUT2D eigenvalue weighted by atomic mass is 31.2. The van der Waals surface area contributed by atoms with E-state index >= 15 is 0 Å². The van der Waals surface area contributed by atoms with Crippen LogP contribution in [0.25, 0.3) is 0 Å². The van der Waals surface area contributed by atoms with Crippen LogP contribution in [0.2, 0.25) is 0 Å². The molecule has 6 nitrogen and oxygen atoms in total. The van der Waals surface area contributed by atoms with Gasteiger partial charge in [-0.2, -0.15) is 0 Å². The number of rotatable bonds is 9. The SMILES string of the molecule is B[C@@H](CO)O[C@@H](CO)CCP(=O)(O)CP(=C)(C)O. The Hall–Kier alpha value is 0.395. The molecule has 0 aromatic heterocycles. The van der Waals surface area contributed by atoms with Crippen LogP contribution in [0.3, 0.4) is 0 Å². The quantitative estimate of drug-likeness (QED) is 0.319. The zero-order valence-electron chi connectivity index (χ0n) is 10.9. The van der Waals surface area contributed by atoms with Gasteiger partial charge in [0, 0.05) is 19.3 Å². The summed E-state index contributed by atoms with van der Waals surface area (Å²) >= 11 is 0. The van der Waals surface area contributed by atoms with Crippen molar-refractivity contribution < 1.29 is 29.3 Å². The second-order valence-corrected chi connectivity index (χ2v) is 10.7. The molecule has 18 heavy (non-hydrogen) atoms. The molecule has 0 aliphatic carbocycles. The van der Waals surface area contributed by atoms with E-state index in [4.69, 9.17) is 14.9 Å². The van der Waals surface area contributed by atoms with Gasteiger partial charge in [-0.1, -0.05) is 6.30 Å². The van der Waals surface area contributed by atoms with E-state index in [1.165, 1.54) is 6.66 Å². The van der Waals surface area contributed by atoms with E-state index in [2.05, 4.69) is 6.30 Å². The fourth-order valence-electron chi connectivity index (χ4n) is 1.47. The van der Waals surface area contributed by atoms with Crippen LogP contribution in [0, 0.1) is 0 Å². The Kier molecular flexibility index (Phi) is 8.03. The Balaban J connectivity index is 4.27. The summed E-state index contributed by atoms with van der Waals surface area (Å²) in [5, 5.41) is 17.9. The van der Waals surface area contributed by atoms with Crippen LogP contribution in [0.1, 0.15) is 6.42 Å². The standard InChI is InChI=1S/C9H23BO6P2/c1-17(2,13)7-18(14,15)4-3-8(5-11)16-9(10)6-12/h8-9,11-13H,1,3-7,10H2,2H3,(H,14,15)/t8-,9-,17?/m1/s1.